The molecule has 1 aromatic heterocycles. The number of hydrogen-bond donors (Lipinski definition) is 6. The van der Waals surface area contributed by atoms with Crippen molar-refractivity contribution < 1.29 is 19.5 Å². The Labute approximate surface area is 217 Å². The van der Waals surface area contributed by atoms with Gasteiger partial charge in [0.25, 0.3) is 0 Å². The molecule has 0 bridgehead atoms. The third-order valence-electron chi connectivity index (χ3n) is 6.39. The van der Waals surface area contributed by atoms with Gasteiger partial charge in [-0.15, -0.1) is 0 Å². The van der Waals surface area contributed by atoms with Crippen molar-refractivity contribution in [2.24, 2.45) is 0 Å². The number of H-pyrrole nitrogens is 1. The van der Waals surface area contributed by atoms with E-state index in [1.165, 1.54) is 0 Å². The van der Waals surface area contributed by atoms with Gasteiger partial charge in [-0.3, -0.25) is 9.59 Å². The number of carbonyl (C=O) groups excluding carboxylic acids is 2. The van der Waals surface area contributed by atoms with Crippen molar-refractivity contribution in [2.75, 3.05) is 19.6 Å². The second-order valence-corrected chi connectivity index (χ2v) is 9.47. The van der Waals surface area contributed by atoms with E-state index in [0.29, 0.717) is 13.0 Å². The molecule has 3 aromatic rings. The van der Waals surface area contributed by atoms with Gasteiger partial charge >= 0.3 is 6.09 Å². The number of fused-ring (bicyclic) bond motifs is 1. The quantitative estimate of drug-likeness (QED) is 0.197. The van der Waals surface area contributed by atoms with Crippen molar-refractivity contribution in [2.45, 2.75) is 51.6 Å². The summed E-state index contributed by atoms with van der Waals surface area (Å²) in [5.74, 6) is -0.474. The van der Waals surface area contributed by atoms with Gasteiger partial charge in [0.2, 0.25) is 11.8 Å². The average molecular weight is 508 g/mol. The van der Waals surface area contributed by atoms with Crippen LogP contribution in [0.5, 0.6) is 0 Å². The summed E-state index contributed by atoms with van der Waals surface area (Å²) in [5.41, 5.74) is 2.40. The van der Waals surface area contributed by atoms with Crippen molar-refractivity contribution in [1.29, 1.82) is 0 Å². The number of rotatable bonds is 13. The minimum atomic E-state index is -1.36. The molecule has 198 valence electrons. The molecule has 3 amide bonds. The fraction of sp³-hybridized carbons (Fsp3) is 0.393. The van der Waals surface area contributed by atoms with E-state index in [1.807, 2.05) is 68.6 Å². The van der Waals surface area contributed by atoms with Crippen LogP contribution in [-0.2, 0) is 22.4 Å². The molecular formula is C28H37N5O4. The smallest absolute Gasteiger partial charge is 0.405 e. The lowest BCUT2D eigenvalue weighted by Crippen LogP contribution is -2.58. The minimum Gasteiger partial charge on any atom is -0.465 e. The molecular weight excluding hydrogens is 470 g/mol. The van der Waals surface area contributed by atoms with Crippen LogP contribution >= 0.6 is 0 Å². The predicted molar refractivity (Wildman–Crippen MR) is 144 cm³/mol. The van der Waals surface area contributed by atoms with E-state index in [-0.39, 0.29) is 24.9 Å². The zero-order chi connectivity index (χ0) is 26.8. The standard InChI is InChI=1S/C28H37N5O4/c1-4-14-29-18-25(34)32-19(2)22-10-6-5-9-20(22)13-15-30-26(35)28(3,33-27(36)37)16-21-17-31-24-12-8-7-11-23(21)24/h5-12,17,19,29,31,33H,4,13-16,18H2,1-3H3,(H,30,35)(H,32,34)(H,36,37). The second-order valence-electron chi connectivity index (χ2n) is 9.47. The molecule has 2 aromatic carbocycles. The summed E-state index contributed by atoms with van der Waals surface area (Å²) < 4.78 is 0. The van der Waals surface area contributed by atoms with Crippen LogP contribution in [0.15, 0.2) is 54.7 Å². The molecule has 0 fully saturated rings. The summed E-state index contributed by atoms with van der Waals surface area (Å²) in [6.45, 7) is 6.95. The molecule has 0 aliphatic rings. The van der Waals surface area contributed by atoms with Gasteiger partial charge in [0.05, 0.1) is 12.6 Å². The normalized spacial score (nSPS) is 13.5. The summed E-state index contributed by atoms with van der Waals surface area (Å²) in [5, 5.41) is 21.8. The maximum Gasteiger partial charge on any atom is 0.405 e. The van der Waals surface area contributed by atoms with Crippen LogP contribution in [0.4, 0.5) is 4.79 Å². The number of benzene rings is 2. The fourth-order valence-corrected chi connectivity index (χ4v) is 4.52. The van der Waals surface area contributed by atoms with E-state index in [9.17, 15) is 19.5 Å². The van der Waals surface area contributed by atoms with E-state index in [0.717, 1.165) is 40.6 Å². The Bertz CT molecular complexity index is 1220. The summed E-state index contributed by atoms with van der Waals surface area (Å²) in [4.78, 5) is 40.2. The SMILES string of the molecule is CCCNCC(=O)NC(C)c1ccccc1CCNC(=O)C(C)(Cc1c[nH]c2ccccc12)NC(=O)O. The lowest BCUT2D eigenvalue weighted by atomic mass is 9.91. The van der Waals surface area contributed by atoms with E-state index in [1.54, 1.807) is 6.92 Å². The van der Waals surface area contributed by atoms with Crippen LogP contribution in [0.25, 0.3) is 10.9 Å². The monoisotopic (exact) mass is 507 g/mol. The molecule has 37 heavy (non-hydrogen) atoms. The van der Waals surface area contributed by atoms with Crippen LogP contribution in [0, 0.1) is 0 Å². The Hall–Kier alpha value is -3.85. The highest BCUT2D eigenvalue weighted by molar-refractivity contribution is 5.91. The molecule has 0 radical (unpaired) electrons. The molecule has 2 unspecified atom stereocenters. The van der Waals surface area contributed by atoms with E-state index in [4.69, 9.17) is 0 Å². The number of carbonyl (C=O) groups is 3. The molecule has 2 atom stereocenters. The molecule has 0 aliphatic carbocycles. The third kappa shape index (κ3) is 7.57. The maximum atomic E-state index is 13.2. The Kier molecular flexibility index (Phi) is 9.68. The molecule has 0 saturated carbocycles. The first kappa shape index (κ1) is 27.7. The van der Waals surface area contributed by atoms with Crippen molar-refractivity contribution in [3.63, 3.8) is 0 Å². The molecule has 9 nitrogen and oxygen atoms in total. The Morgan fingerprint density at radius 1 is 1.03 bits per heavy atom. The number of aromatic nitrogens is 1. The summed E-state index contributed by atoms with van der Waals surface area (Å²) in [6.07, 6.45) is 2.23. The largest absolute Gasteiger partial charge is 0.465 e. The Morgan fingerprint density at radius 3 is 2.51 bits per heavy atom. The van der Waals surface area contributed by atoms with E-state index < -0.39 is 17.5 Å². The molecule has 0 saturated heterocycles. The highest BCUT2D eigenvalue weighted by atomic mass is 16.4. The molecule has 1 heterocycles. The minimum absolute atomic E-state index is 0.0724. The van der Waals surface area contributed by atoms with Gasteiger partial charge in [0, 0.05) is 30.1 Å². The van der Waals surface area contributed by atoms with Crippen LogP contribution in [-0.4, -0.2) is 53.2 Å². The number of carboxylic acid groups (broad SMARTS) is 1. The van der Waals surface area contributed by atoms with Gasteiger partial charge in [0.15, 0.2) is 0 Å². The lowest BCUT2D eigenvalue weighted by molar-refractivity contribution is -0.126. The van der Waals surface area contributed by atoms with E-state index >= 15 is 0 Å². The van der Waals surface area contributed by atoms with Crippen molar-refractivity contribution in [3.8, 4) is 0 Å². The Morgan fingerprint density at radius 2 is 1.76 bits per heavy atom. The number of nitrogens with one attached hydrogen (secondary N) is 5. The van der Waals surface area contributed by atoms with Crippen LogP contribution in [0.3, 0.4) is 0 Å². The summed E-state index contributed by atoms with van der Waals surface area (Å²) >= 11 is 0. The van der Waals surface area contributed by atoms with Gasteiger partial charge in [0.1, 0.15) is 5.54 Å². The average Bonchev–Trinajstić information content (AvgIpc) is 3.26. The van der Waals surface area contributed by atoms with Gasteiger partial charge in [-0.05, 0) is 56.0 Å². The molecule has 6 N–H and O–H groups in total. The van der Waals surface area contributed by atoms with Crippen molar-refractivity contribution in [1.82, 2.24) is 26.3 Å². The van der Waals surface area contributed by atoms with Crippen LogP contribution in [0.1, 0.15) is 49.9 Å². The van der Waals surface area contributed by atoms with Gasteiger partial charge in [-0.1, -0.05) is 49.4 Å². The topological polar surface area (TPSA) is 135 Å². The lowest BCUT2D eigenvalue weighted by Gasteiger charge is -2.28. The zero-order valence-electron chi connectivity index (χ0n) is 21.7. The van der Waals surface area contributed by atoms with Crippen molar-refractivity contribution >= 4 is 28.8 Å². The number of amides is 3. The first-order chi connectivity index (χ1) is 17.7. The van der Waals surface area contributed by atoms with Crippen LogP contribution in [0.2, 0.25) is 0 Å². The Balaban J connectivity index is 1.64. The van der Waals surface area contributed by atoms with Crippen LogP contribution < -0.4 is 21.3 Å². The number of aromatic amines is 1. The molecule has 3 rings (SSSR count). The third-order valence-corrected chi connectivity index (χ3v) is 6.39. The molecule has 0 aliphatic heterocycles. The summed E-state index contributed by atoms with van der Waals surface area (Å²) in [6, 6.07) is 15.3. The van der Waals surface area contributed by atoms with Gasteiger partial charge in [-0.25, -0.2) is 4.79 Å². The number of para-hydroxylation sites is 1. The van der Waals surface area contributed by atoms with Gasteiger partial charge in [-0.2, -0.15) is 0 Å². The fourth-order valence-electron chi connectivity index (χ4n) is 4.52. The first-order valence-corrected chi connectivity index (χ1v) is 12.7. The molecule has 9 heteroatoms. The zero-order valence-corrected chi connectivity index (χ0v) is 21.7. The first-order valence-electron chi connectivity index (χ1n) is 12.7. The van der Waals surface area contributed by atoms with E-state index in [2.05, 4.69) is 26.3 Å². The highest BCUT2D eigenvalue weighted by Crippen LogP contribution is 2.23. The predicted octanol–water partition coefficient (Wildman–Crippen LogP) is 3.27. The maximum absolute atomic E-state index is 13.2. The summed E-state index contributed by atoms with van der Waals surface area (Å²) in [7, 11) is 0. The highest BCUT2D eigenvalue weighted by Gasteiger charge is 2.35. The second kappa shape index (κ2) is 12.9. The van der Waals surface area contributed by atoms with Gasteiger partial charge < -0.3 is 31.4 Å². The van der Waals surface area contributed by atoms with Crippen molar-refractivity contribution in [3.05, 3.63) is 71.4 Å². The molecule has 0 spiro atoms. The number of hydrogen-bond acceptors (Lipinski definition) is 4.